The van der Waals surface area contributed by atoms with Gasteiger partial charge < -0.3 is 9.88 Å². The van der Waals surface area contributed by atoms with E-state index in [1.54, 1.807) is 12.1 Å². The van der Waals surface area contributed by atoms with Gasteiger partial charge >= 0.3 is 0 Å². The zero-order valence-corrected chi connectivity index (χ0v) is 11.1. The molecule has 2 fully saturated rings. The van der Waals surface area contributed by atoms with Gasteiger partial charge in [-0.05, 0) is 50.9 Å². The van der Waals surface area contributed by atoms with Gasteiger partial charge in [-0.3, -0.25) is 0 Å². The Morgan fingerprint density at radius 1 is 1.32 bits per heavy atom. The SMILES string of the molecule is CC1NCCC1c1nc2ccc(F)cc2n1C1CC1. The van der Waals surface area contributed by atoms with Gasteiger partial charge in [0.2, 0.25) is 0 Å². The van der Waals surface area contributed by atoms with E-state index in [9.17, 15) is 4.39 Å². The summed E-state index contributed by atoms with van der Waals surface area (Å²) >= 11 is 0. The second-order valence-electron chi connectivity index (χ2n) is 5.84. The molecule has 1 saturated carbocycles. The molecule has 2 aromatic rings. The topological polar surface area (TPSA) is 29.9 Å². The van der Waals surface area contributed by atoms with Crippen LogP contribution in [0.25, 0.3) is 11.0 Å². The second kappa shape index (κ2) is 4.04. The van der Waals surface area contributed by atoms with E-state index in [0.29, 0.717) is 18.0 Å². The van der Waals surface area contributed by atoms with E-state index in [1.165, 1.54) is 18.9 Å². The summed E-state index contributed by atoms with van der Waals surface area (Å²) in [6.45, 7) is 3.27. The highest BCUT2D eigenvalue weighted by molar-refractivity contribution is 5.76. The van der Waals surface area contributed by atoms with Crippen molar-refractivity contribution in [2.24, 2.45) is 0 Å². The molecule has 3 nitrogen and oxygen atoms in total. The maximum absolute atomic E-state index is 13.5. The van der Waals surface area contributed by atoms with Crippen LogP contribution in [0.4, 0.5) is 4.39 Å². The van der Waals surface area contributed by atoms with Crippen molar-refractivity contribution in [3.8, 4) is 0 Å². The molecule has 0 amide bonds. The summed E-state index contributed by atoms with van der Waals surface area (Å²) < 4.78 is 15.8. The number of hydrogen-bond acceptors (Lipinski definition) is 2. The molecule has 100 valence electrons. The monoisotopic (exact) mass is 259 g/mol. The first-order chi connectivity index (χ1) is 9.24. The first kappa shape index (κ1) is 11.4. The third kappa shape index (κ3) is 1.77. The predicted octanol–water partition coefficient (Wildman–Crippen LogP) is 2.98. The van der Waals surface area contributed by atoms with Crippen LogP contribution in [-0.4, -0.2) is 22.1 Å². The molecular weight excluding hydrogens is 241 g/mol. The van der Waals surface area contributed by atoms with E-state index < -0.39 is 0 Å². The number of halogens is 1. The number of hydrogen-bond donors (Lipinski definition) is 1. The fourth-order valence-electron chi connectivity index (χ4n) is 3.27. The highest BCUT2D eigenvalue weighted by Gasteiger charge is 2.34. The lowest BCUT2D eigenvalue weighted by Gasteiger charge is -2.16. The van der Waals surface area contributed by atoms with Gasteiger partial charge in [0.1, 0.15) is 11.6 Å². The molecule has 1 saturated heterocycles. The maximum Gasteiger partial charge on any atom is 0.125 e. The van der Waals surface area contributed by atoms with Crippen LogP contribution in [0, 0.1) is 5.82 Å². The molecule has 0 spiro atoms. The quantitative estimate of drug-likeness (QED) is 0.898. The van der Waals surface area contributed by atoms with Crippen molar-refractivity contribution in [3.63, 3.8) is 0 Å². The van der Waals surface area contributed by atoms with Crippen LogP contribution in [0.1, 0.15) is 44.0 Å². The fourth-order valence-corrected chi connectivity index (χ4v) is 3.27. The largest absolute Gasteiger partial charge is 0.324 e. The van der Waals surface area contributed by atoms with Gasteiger partial charge in [0.15, 0.2) is 0 Å². The molecule has 4 rings (SSSR count). The van der Waals surface area contributed by atoms with E-state index in [1.807, 2.05) is 0 Å². The molecule has 4 heteroatoms. The zero-order chi connectivity index (χ0) is 13.0. The number of nitrogens with zero attached hydrogens (tertiary/aromatic N) is 2. The molecule has 2 unspecified atom stereocenters. The zero-order valence-electron chi connectivity index (χ0n) is 11.1. The number of imidazole rings is 1. The standard InChI is InChI=1S/C15H18FN3/c1-9-12(6-7-17-9)15-18-13-5-2-10(16)8-14(13)19(15)11-3-4-11/h2,5,8-9,11-12,17H,3-4,6-7H2,1H3. The summed E-state index contributed by atoms with van der Waals surface area (Å²) in [5.74, 6) is 1.44. The number of benzene rings is 1. The Balaban J connectivity index is 1.91. The van der Waals surface area contributed by atoms with Gasteiger partial charge in [0, 0.05) is 18.0 Å². The van der Waals surface area contributed by atoms with Crippen molar-refractivity contribution in [2.75, 3.05) is 6.54 Å². The van der Waals surface area contributed by atoms with Gasteiger partial charge in [-0.25, -0.2) is 9.37 Å². The minimum atomic E-state index is -0.168. The average Bonchev–Trinajstić information content (AvgIpc) is 3.03. The highest BCUT2D eigenvalue weighted by Crippen LogP contribution is 2.42. The first-order valence-electron chi connectivity index (χ1n) is 7.15. The normalized spacial score (nSPS) is 27.3. The van der Waals surface area contributed by atoms with Crippen LogP contribution in [0.3, 0.4) is 0 Å². The van der Waals surface area contributed by atoms with Crippen molar-refractivity contribution < 1.29 is 4.39 Å². The summed E-state index contributed by atoms with van der Waals surface area (Å²) in [7, 11) is 0. The van der Waals surface area contributed by atoms with Crippen LogP contribution in [0.15, 0.2) is 18.2 Å². The van der Waals surface area contributed by atoms with E-state index in [4.69, 9.17) is 4.98 Å². The lowest BCUT2D eigenvalue weighted by Crippen LogP contribution is -2.23. The van der Waals surface area contributed by atoms with Gasteiger partial charge in [0.25, 0.3) is 0 Å². The Hall–Kier alpha value is -1.42. The van der Waals surface area contributed by atoms with Crippen LogP contribution < -0.4 is 5.32 Å². The summed E-state index contributed by atoms with van der Waals surface area (Å²) in [4.78, 5) is 4.80. The third-order valence-electron chi connectivity index (χ3n) is 4.45. The summed E-state index contributed by atoms with van der Waals surface area (Å²) in [6.07, 6.45) is 3.52. The molecule has 19 heavy (non-hydrogen) atoms. The average molecular weight is 259 g/mol. The molecule has 0 bridgehead atoms. The lowest BCUT2D eigenvalue weighted by molar-refractivity contribution is 0.538. The lowest BCUT2D eigenvalue weighted by atomic mass is 10.0. The summed E-state index contributed by atoms with van der Waals surface area (Å²) in [5.41, 5.74) is 1.90. The van der Waals surface area contributed by atoms with Crippen LogP contribution in [0.2, 0.25) is 0 Å². The predicted molar refractivity (Wildman–Crippen MR) is 72.8 cm³/mol. The van der Waals surface area contributed by atoms with Gasteiger partial charge in [-0.1, -0.05) is 0 Å². The molecular formula is C15H18FN3. The molecule has 0 radical (unpaired) electrons. The summed E-state index contributed by atoms with van der Waals surface area (Å²) in [6, 6.07) is 5.94. The molecule has 2 heterocycles. The van der Waals surface area contributed by atoms with Crippen molar-refractivity contribution >= 4 is 11.0 Å². The number of rotatable bonds is 2. The van der Waals surface area contributed by atoms with Crippen molar-refractivity contribution in [2.45, 2.75) is 44.2 Å². The Morgan fingerprint density at radius 2 is 2.16 bits per heavy atom. The molecule has 1 aliphatic heterocycles. The molecule has 1 aromatic heterocycles. The van der Waals surface area contributed by atoms with E-state index in [2.05, 4.69) is 16.8 Å². The highest BCUT2D eigenvalue weighted by atomic mass is 19.1. The number of aromatic nitrogens is 2. The number of fused-ring (bicyclic) bond motifs is 1. The third-order valence-corrected chi connectivity index (χ3v) is 4.45. The molecule has 1 N–H and O–H groups in total. The molecule has 1 aliphatic carbocycles. The minimum Gasteiger partial charge on any atom is -0.324 e. The van der Waals surface area contributed by atoms with Crippen LogP contribution >= 0.6 is 0 Å². The smallest absolute Gasteiger partial charge is 0.125 e. The van der Waals surface area contributed by atoms with Crippen LogP contribution in [-0.2, 0) is 0 Å². The first-order valence-corrected chi connectivity index (χ1v) is 7.15. The summed E-state index contributed by atoms with van der Waals surface area (Å²) in [5, 5.41) is 3.48. The minimum absolute atomic E-state index is 0.168. The van der Waals surface area contributed by atoms with Crippen molar-refractivity contribution in [1.29, 1.82) is 0 Å². The number of nitrogens with one attached hydrogen (secondary N) is 1. The van der Waals surface area contributed by atoms with E-state index in [-0.39, 0.29) is 5.82 Å². The van der Waals surface area contributed by atoms with Crippen molar-refractivity contribution in [3.05, 3.63) is 29.8 Å². The van der Waals surface area contributed by atoms with E-state index >= 15 is 0 Å². The van der Waals surface area contributed by atoms with Crippen LogP contribution in [0.5, 0.6) is 0 Å². The fraction of sp³-hybridized carbons (Fsp3) is 0.533. The second-order valence-corrected chi connectivity index (χ2v) is 5.84. The van der Waals surface area contributed by atoms with Gasteiger partial charge in [0.05, 0.1) is 11.0 Å². The van der Waals surface area contributed by atoms with Crippen molar-refractivity contribution in [1.82, 2.24) is 14.9 Å². The molecule has 1 aromatic carbocycles. The molecule has 2 aliphatic rings. The Labute approximate surface area is 111 Å². The Morgan fingerprint density at radius 3 is 2.84 bits per heavy atom. The Bertz CT molecular complexity index is 630. The van der Waals surface area contributed by atoms with Gasteiger partial charge in [-0.15, -0.1) is 0 Å². The van der Waals surface area contributed by atoms with Gasteiger partial charge in [-0.2, -0.15) is 0 Å². The Kier molecular flexibility index (Phi) is 2.42. The van der Waals surface area contributed by atoms with E-state index in [0.717, 1.165) is 29.8 Å². The molecule has 2 atom stereocenters. The maximum atomic E-state index is 13.5.